The van der Waals surface area contributed by atoms with Crippen molar-refractivity contribution in [2.45, 2.75) is 9.92 Å². The smallest absolute Gasteiger partial charge is 0.199 e. The Hall–Kier alpha value is -1.30. The largest absolute Gasteiger partial charge is 0.254 e. The van der Waals surface area contributed by atoms with E-state index in [2.05, 4.69) is 15.1 Å². The van der Waals surface area contributed by atoms with Gasteiger partial charge in [0, 0.05) is 11.0 Å². The lowest BCUT2D eigenvalue weighted by atomic mass is 10.4. The second kappa shape index (κ2) is 4.76. The van der Waals surface area contributed by atoms with E-state index in [4.69, 9.17) is 23.2 Å². The summed E-state index contributed by atoms with van der Waals surface area (Å²) in [5, 5.41) is 5.99. The van der Waals surface area contributed by atoms with E-state index >= 15 is 0 Å². The third kappa shape index (κ3) is 2.16. The maximum atomic E-state index is 6.12. The molecule has 18 heavy (non-hydrogen) atoms. The summed E-state index contributed by atoms with van der Waals surface area (Å²) < 4.78 is 1.62. The van der Waals surface area contributed by atoms with Gasteiger partial charge in [0.1, 0.15) is 16.5 Å². The van der Waals surface area contributed by atoms with Gasteiger partial charge in [-0.1, -0.05) is 47.1 Å². The highest BCUT2D eigenvalue weighted by Crippen LogP contribution is 2.33. The van der Waals surface area contributed by atoms with Gasteiger partial charge in [0.2, 0.25) is 0 Å². The summed E-state index contributed by atoms with van der Waals surface area (Å²) >= 11 is 13.5. The van der Waals surface area contributed by atoms with Crippen molar-refractivity contribution in [1.82, 2.24) is 19.6 Å². The maximum Gasteiger partial charge on any atom is 0.254 e. The van der Waals surface area contributed by atoms with Crippen molar-refractivity contribution in [3.8, 4) is 0 Å². The zero-order chi connectivity index (χ0) is 12.5. The molecule has 0 saturated carbocycles. The molecule has 0 aliphatic heterocycles. The quantitative estimate of drug-likeness (QED) is 0.678. The fraction of sp³-hybridized carbons (Fsp3) is 0. The molecule has 90 valence electrons. The van der Waals surface area contributed by atoms with Crippen LogP contribution in [0.3, 0.4) is 0 Å². The predicted octanol–water partition coefficient (Wildman–Crippen LogP) is 3.58. The SMILES string of the molecule is Clc1cc(Sc2ccccc2Cl)n2ncnc2n1. The second-order valence-corrected chi connectivity index (χ2v) is 5.28. The molecule has 7 heteroatoms. The number of hydrogen-bond acceptors (Lipinski definition) is 4. The number of fused-ring (bicyclic) bond motifs is 1. The Bertz CT molecular complexity index is 713. The molecular weight excluding hydrogens is 291 g/mol. The minimum Gasteiger partial charge on any atom is -0.199 e. The lowest BCUT2D eigenvalue weighted by Gasteiger charge is -2.05. The number of aromatic nitrogens is 4. The highest BCUT2D eigenvalue weighted by molar-refractivity contribution is 7.99. The van der Waals surface area contributed by atoms with Crippen LogP contribution in [0.1, 0.15) is 0 Å². The van der Waals surface area contributed by atoms with E-state index in [1.807, 2.05) is 24.3 Å². The average molecular weight is 297 g/mol. The Morgan fingerprint density at radius 1 is 1.17 bits per heavy atom. The van der Waals surface area contributed by atoms with Gasteiger partial charge in [-0.15, -0.1) is 0 Å². The molecular formula is C11H6Cl2N4S. The van der Waals surface area contributed by atoms with Crippen LogP contribution >= 0.6 is 35.0 Å². The average Bonchev–Trinajstić information content (AvgIpc) is 2.80. The van der Waals surface area contributed by atoms with Gasteiger partial charge in [-0.2, -0.15) is 19.6 Å². The molecule has 4 nitrogen and oxygen atoms in total. The first-order valence-electron chi connectivity index (χ1n) is 5.03. The molecule has 0 amide bonds. The summed E-state index contributed by atoms with van der Waals surface area (Å²) in [6, 6.07) is 9.32. The van der Waals surface area contributed by atoms with Gasteiger partial charge in [-0.3, -0.25) is 0 Å². The van der Waals surface area contributed by atoms with Crippen molar-refractivity contribution in [1.29, 1.82) is 0 Å². The molecule has 2 aromatic heterocycles. The predicted molar refractivity (Wildman–Crippen MR) is 71.4 cm³/mol. The van der Waals surface area contributed by atoms with Gasteiger partial charge >= 0.3 is 0 Å². The first-order chi connectivity index (χ1) is 8.74. The lowest BCUT2D eigenvalue weighted by Crippen LogP contribution is -1.95. The summed E-state index contributed by atoms with van der Waals surface area (Å²) in [5.74, 6) is 0.469. The number of nitrogens with zero attached hydrogens (tertiary/aromatic N) is 4. The molecule has 3 aromatic rings. The van der Waals surface area contributed by atoms with Crippen LogP contribution in [-0.4, -0.2) is 19.6 Å². The third-order valence-electron chi connectivity index (χ3n) is 2.24. The number of rotatable bonds is 2. The highest BCUT2D eigenvalue weighted by atomic mass is 35.5. The molecule has 0 radical (unpaired) electrons. The fourth-order valence-electron chi connectivity index (χ4n) is 1.47. The minimum absolute atomic E-state index is 0.380. The lowest BCUT2D eigenvalue weighted by molar-refractivity contribution is 0.842. The van der Waals surface area contributed by atoms with Crippen molar-refractivity contribution < 1.29 is 0 Å². The van der Waals surface area contributed by atoms with E-state index < -0.39 is 0 Å². The van der Waals surface area contributed by atoms with Gasteiger partial charge in [0.05, 0.1) is 5.02 Å². The molecule has 1 aromatic carbocycles. The fourth-order valence-corrected chi connectivity index (χ4v) is 2.89. The van der Waals surface area contributed by atoms with E-state index in [1.165, 1.54) is 18.1 Å². The summed E-state index contributed by atoms with van der Waals surface area (Å²) in [7, 11) is 0. The van der Waals surface area contributed by atoms with Gasteiger partial charge < -0.3 is 0 Å². The van der Waals surface area contributed by atoms with Gasteiger partial charge in [-0.05, 0) is 12.1 Å². The highest BCUT2D eigenvalue weighted by Gasteiger charge is 2.09. The topological polar surface area (TPSA) is 43.1 Å². The number of benzene rings is 1. The Kier molecular flexibility index (Phi) is 3.11. The summed E-state index contributed by atoms with van der Waals surface area (Å²) in [5.41, 5.74) is 0. The van der Waals surface area contributed by atoms with Crippen molar-refractivity contribution in [2.75, 3.05) is 0 Å². The van der Waals surface area contributed by atoms with E-state index in [-0.39, 0.29) is 0 Å². The molecule has 0 aliphatic rings. The molecule has 2 heterocycles. The van der Waals surface area contributed by atoms with Crippen molar-refractivity contribution in [3.05, 3.63) is 46.8 Å². The maximum absolute atomic E-state index is 6.12. The zero-order valence-electron chi connectivity index (χ0n) is 8.92. The summed E-state index contributed by atoms with van der Waals surface area (Å²) in [6.45, 7) is 0. The molecule has 0 fully saturated rings. The Morgan fingerprint density at radius 2 is 2.00 bits per heavy atom. The van der Waals surface area contributed by atoms with E-state index in [0.29, 0.717) is 16.0 Å². The van der Waals surface area contributed by atoms with E-state index in [9.17, 15) is 0 Å². The van der Waals surface area contributed by atoms with Crippen LogP contribution < -0.4 is 0 Å². The number of hydrogen-bond donors (Lipinski definition) is 0. The van der Waals surface area contributed by atoms with Crippen molar-refractivity contribution in [2.24, 2.45) is 0 Å². The van der Waals surface area contributed by atoms with Crippen LogP contribution in [-0.2, 0) is 0 Å². The Morgan fingerprint density at radius 3 is 2.83 bits per heavy atom. The molecule has 0 unspecified atom stereocenters. The van der Waals surface area contributed by atoms with Gasteiger partial charge in [-0.25, -0.2) is 0 Å². The molecule has 0 aliphatic carbocycles. The molecule has 3 rings (SSSR count). The van der Waals surface area contributed by atoms with Crippen molar-refractivity contribution in [3.63, 3.8) is 0 Å². The monoisotopic (exact) mass is 296 g/mol. The normalized spacial score (nSPS) is 11.0. The third-order valence-corrected chi connectivity index (χ3v) is 3.95. The molecule has 0 N–H and O–H groups in total. The van der Waals surface area contributed by atoms with Crippen LogP contribution in [0.2, 0.25) is 10.2 Å². The minimum atomic E-state index is 0.380. The first-order valence-corrected chi connectivity index (χ1v) is 6.60. The standard InChI is InChI=1S/C11H6Cl2N4S/c12-7-3-1-2-4-8(7)18-10-5-9(13)16-11-14-6-15-17(10)11/h1-6H. The molecule has 0 saturated heterocycles. The van der Waals surface area contributed by atoms with Crippen LogP contribution in [0, 0.1) is 0 Å². The Balaban J connectivity index is 2.10. The molecule has 0 atom stereocenters. The van der Waals surface area contributed by atoms with E-state index in [0.717, 1.165) is 9.92 Å². The van der Waals surface area contributed by atoms with Crippen LogP contribution in [0.15, 0.2) is 46.6 Å². The van der Waals surface area contributed by atoms with Crippen LogP contribution in [0.5, 0.6) is 0 Å². The molecule has 0 bridgehead atoms. The van der Waals surface area contributed by atoms with Gasteiger partial charge in [0.25, 0.3) is 5.78 Å². The summed E-state index contributed by atoms with van der Waals surface area (Å²) in [4.78, 5) is 9.01. The zero-order valence-corrected chi connectivity index (χ0v) is 11.2. The number of halogens is 2. The Labute approximate surface area is 117 Å². The van der Waals surface area contributed by atoms with Crippen molar-refractivity contribution >= 4 is 40.7 Å². The first kappa shape index (κ1) is 11.8. The second-order valence-electron chi connectivity index (χ2n) is 3.42. The molecule has 0 spiro atoms. The summed E-state index contributed by atoms with van der Waals surface area (Å²) in [6.07, 6.45) is 1.44. The van der Waals surface area contributed by atoms with Crippen LogP contribution in [0.4, 0.5) is 0 Å². The van der Waals surface area contributed by atoms with Gasteiger partial charge in [0.15, 0.2) is 0 Å². The van der Waals surface area contributed by atoms with Crippen LogP contribution in [0.25, 0.3) is 5.78 Å². The van der Waals surface area contributed by atoms with E-state index in [1.54, 1.807) is 10.6 Å².